The highest BCUT2D eigenvalue weighted by molar-refractivity contribution is 6.18. The standard InChI is InChI=1S/C13H19ClN2/c1-10-6-7-13(15-9-10)16-12-5-3-2-4-11(12)8-14/h6-7,9,11-12H,2-5,8H2,1H3,(H,15,16). The number of hydrogen-bond donors (Lipinski definition) is 1. The van der Waals surface area contributed by atoms with E-state index in [2.05, 4.69) is 29.4 Å². The van der Waals surface area contributed by atoms with Gasteiger partial charge in [-0.15, -0.1) is 11.6 Å². The Morgan fingerprint density at radius 2 is 2.19 bits per heavy atom. The highest BCUT2D eigenvalue weighted by Gasteiger charge is 2.24. The van der Waals surface area contributed by atoms with E-state index in [9.17, 15) is 0 Å². The minimum atomic E-state index is 0.501. The van der Waals surface area contributed by atoms with Gasteiger partial charge in [0.1, 0.15) is 5.82 Å². The molecule has 2 rings (SSSR count). The van der Waals surface area contributed by atoms with Crippen LogP contribution in [0.1, 0.15) is 31.2 Å². The van der Waals surface area contributed by atoms with Crippen molar-refractivity contribution in [2.75, 3.05) is 11.2 Å². The topological polar surface area (TPSA) is 24.9 Å². The van der Waals surface area contributed by atoms with E-state index < -0.39 is 0 Å². The van der Waals surface area contributed by atoms with Crippen LogP contribution in [0.25, 0.3) is 0 Å². The van der Waals surface area contributed by atoms with Gasteiger partial charge in [0.25, 0.3) is 0 Å². The summed E-state index contributed by atoms with van der Waals surface area (Å²) < 4.78 is 0. The Morgan fingerprint density at radius 3 is 2.88 bits per heavy atom. The maximum atomic E-state index is 6.01. The summed E-state index contributed by atoms with van der Waals surface area (Å²) >= 11 is 6.01. The lowest BCUT2D eigenvalue weighted by Crippen LogP contribution is -2.33. The van der Waals surface area contributed by atoms with E-state index in [-0.39, 0.29) is 0 Å². The molecular formula is C13H19ClN2. The predicted molar refractivity (Wildman–Crippen MR) is 69.1 cm³/mol. The maximum Gasteiger partial charge on any atom is 0.126 e. The van der Waals surface area contributed by atoms with E-state index in [4.69, 9.17) is 11.6 Å². The minimum Gasteiger partial charge on any atom is -0.367 e. The Bertz CT molecular complexity index is 323. The first kappa shape index (κ1) is 11.7. The van der Waals surface area contributed by atoms with Gasteiger partial charge in [-0.25, -0.2) is 4.98 Å². The first-order valence-corrected chi connectivity index (χ1v) is 6.58. The van der Waals surface area contributed by atoms with Crippen molar-refractivity contribution >= 4 is 17.4 Å². The first-order chi connectivity index (χ1) is 7.79. The van der Waals surface area contributed by atoms with E-state index in [1.807, 2.05) is 6.20 Å². The van der Waals surface area contributed by atoms with Gasteiger partial charge in [-0.3, -0.25) is 0 Å². The summed E-state index contributed by atoms with van der Waals surface area (Å²) in [5.41, 5.74) is 1.20. The maximum absolute atomic E-state index is 6.01. The SMILES string of the molecule is Cc1ccc(NC2CCCCC2CCl)nc1. The lowest BCUT2D eigenvalue weighted by atomic mass is 9.86. The summed E-state index contributed by atoms with van der Waals surface area (Å²) in [6, 6.07) is 4.64. The zero-order chi connectivity index (χ0) is 11.4. The molecule has 1 aliphatic rings. The summed E-state index contributed by atoms with van der Waals surface area (Å²) in [4.78, 5) is 4.39. The van der Waals surface area contributed by atoms with Crippen molar-refractivity contribution in [3.8, 4) is 0 Å². The molecule has 1 N–H and O–H groups in total. The second-order valence-electron chi connectivity index (χ2n) is 4.67. The van der Waals surface area contributed by atoms with Gasteiger partial charge in [-0.05, 0) is 37.3 Å². The average molecular weight is 239 g/mol. The van der Waals surface area contributed by atoms with Crippen molar-refractivity contribution in [2.24, 2.45) is 5.92 Å². The number of rotatable bonds is 3. The monoisotopic (exact) mass is 238 g/mol. The highest BCUT2D eigenvalue weighted by atomic mass is 35.5. The molecule has 0 aromatic carbocycles. The van der Waals surface area contributed by atoms with E-state index in [0.29, 0.717) is 12.0 Å². The molecule has 0 saturated heterocycles. The number of nitrogens with one attached hydrogen (secondary N) is 1. The van der Waals surface area contributed by atoms with E-state index in [1.165, 1.54) is 31.2 Å². The zero-order valence-electron chi connectivity index (χ0n) is 9.75. The van der Waals surface area contributed by atoms with Crippen LogP contribution in [0.3, 0.4) is 0 Å². The molecular weight excluding hydrogens is 220 g/mol. The molecule has 2 nitrogen and oxygen atoms in total. The van der Waals surface area contributed by atoms with Gasteiger partial charge in [0.15, 0.2) is 0 Å². The van der Waals surface area contributed by atoms with Gasteiger partial charge < -0.3 is 5.32 Å². The second kappa shape index (κ2) is 5.53. The van der Waals surface area contributed by atoms with Crippen molar-refractivity contribution in [3.05, 3.63) is 23.9 Å². The van der Waals surface area contributed by atoms with Crippen molar-refractivity contribution in [1.29, 1.82) is 0 Å². The number of halogens is 1. The van der Waals surface area contributed by atoms with Crippen LogP contribution in [0.5, 0.6) is 0 Å². The molecule has 0 amide bonds. The number of aromatic nitrogens is 1. The highest BCUT2D eigenvalue weighted by Crippen LogP contribution is 2.27. The Labute approximate surface area is 102 Å². The van der Waals surface area contributed by atoms with Crippen LogP contribution in [0.4, 0.5) is 5.82 Å². The van der Waals surface area contributed by atoms with Gasteiger partial charge in [0.2, 0.25) is 0 Å². The van der Waals surface area contributed by atoms with Crippen LogP contribution >= 0.6 is 11.6 Å². The largest absolute Gasteiger partial charge is 0.367 e. The van der Waals surface area contributed by atoms with Crippen LogP contribution in [-0.4, -0.2) is 16.9 Å². The molecule has 1 fully saturated rings. The van der Waals surface area contributed by atoms with Crippen molar-refractivity contribution < 1.29 is 0 Å². The predicted octanol–water partition coefficient (Wildman–Crippen LogP) is 3.60. The Kier molecular flexibility index (Phi) is 4.05. The normalized spacial score (nSPS) is 25.4. The van der Waals surface area contributed by atoms with Gasteiger partial charge in [0, 0.05) is 18.1 Å². The summed E-state index contributed by atoms with van der Waals surface area (Å²) in [5.74, 6) is 2.33. The van der Waals surface area contributed by atoms with E-state index in [1.54, 1.807) is 0 Å². The zero-order valence-corrected chi connectivity index (χ0v) is 10.5. The van der Waals surface area contributed by atoms with Crippen LogP contribution in [-0.2, 0) is 0 Å². The third-order valence-electron chi connectivity index (χ3n) is 3.35. The smallest absolute Gasteiger partial charge is 0.126 e. The van der Waals surface area contributed by atoms with Crippen molar-refractivity contribution in [3.63, 3.8) is 0 Å². The molecule has 2 atom stereocenters. The third kappa shape index (κ3) is 2.88. The second-order valence-corrected chi connectivity index (χ2v) is 4.98. The van der Waals surface area contributed by atoms with Gasteiger partial charge >= 0.3 is 0 Å². The van der Waals surface area contributed by atoms with Crippen molar-refractivity contribution in [1.82, 2.24) is 4.98 Å². The Hall–Kier alpha value is -0.760. The molecule has 0 aliphatic heterocycles. The number of hydrogen-bond acceptors (Lipinski definition) is 2. The van der Waals surface area contributed by atoms with Crippen molar-refractivity contribution in [2.45, 2.75) is 38.6 Å². The van der Waals surface area contributed by atoms with Crippen LogP contribution in [0.15, 0.2) is 18.3 Å². The Morgan fingerprint density at radius 1 is 1.38 bits per heavy atom. The summed E-state index contributed by atoms with van der Waals surface area (Å²) in [7, 11) is 0. The molecule has 1 heterocycles. The summed E-state index contributed by atoms with van der Waals surface area (Å²) in [5, 5.41) is 3.51. The fraction of sp³-hybridized carbons (Fsp3) is 0.615. The van der Waals surface area contributed by atoms with E-state index in [0.717, 1.165) is 11.7 Å². The van der Waals surface area contributed by atoms with Gasteiger partial charge in [-0.2, -0.15) is 0 Å². The number of pyridine rings is 1. The number of nitrogens with zero attached hydrogens (tertiary/aromatic N) is 1. The molecule has 16 heavy (non-hydrogen) atoms. The minimum absolute atomic E-state index is 0.501. The Balaban J connectivity index is 1.99. The molecule has 0 bridgehead atoms. The third-order valence-corrected chi connectivity index (χ3v) is 3.75. The molecule has 88 valence electrons. The molecule has 1 aromatic rings. The van der Waals surface area contributed by atoms with Crippen LogP contribution in [0, 0.1) is 12.8 Å². The van der Waals surface area contributed by atoms with Gasteiger partial charge in [-0.1, -0.05) is 18.9 Å². The molecule has 0 radical (unpaired) electrons. The fourth-order valence-corrected chi connectivity index (χ4v) is 2.69. The van der Waals surface area contributed by atoms with Crippen LogP contribution in [0.2, 0.25) is 0 Å². The number of alkyl halides is 1. The molecule has 3 heteroatoms. The molecule has 1 aliphatic carbocycles. The molecule has 1 aromatic heterocycles. The summed E-state index contributed by atoms with van der Waals surface area (Å²) in [6.45, 7) is 2.05. The lowest BCUT2D eigenvalue weighted by molar-refractivity contribution is 0.352. The first-order valence-electron chi connectivity index (χ1n) is 6.05. The van der Waals surface area contributed by atoms with Gasteiger partial charge in [0.05, 0.1) is 0 Å². The number of anilines is 1. The summed E-state index contributed by atoms with van der Waals surface area (Å²) in [6.07, 6.45) is 6.98. The lowest BCUT2D eigenvalue weighted by Gasteiger charge is -2.31. The molecule has 1 saturated carbocycles. The molecule has 0 spiro atoms. The fourth-order valence-electron chi connectivity index (χ4n) is 2.33. The molecule has 2 unspecified atom stereocenters. The average Bonchev–Trinajstić information content (AvgIpc) is 2.33. The van der Waals surface area contributed by atoms with Crippen LogP contribution < -0.4 is 5.32 Å². The quantitative estimate of drug-likeness (QED) is 0.814. The van der Waals surface area contributed by atoms with E-state index >= 15 is 0 Å². The number of aryl methyl sites for hydroxylation is 1.